The number of hydrogen-bond donors (Lipinski definition) is 1. The molecule has 2 aromatic rings. The molecule has 0 saturated carbocycles. The van der Waals surface area contributed by atoms with Gasteiger partial charge in [-0.15, -0.1) is 11.3 Å². The molecular weight excluding hydrogens is 379 g/mol. The Morgan fingerprint density at radius 3 is 2.75 bits per heavy atom. The van der Waals surface area contributed by atoms with Gasteiger partial charge >= 0.3 is 0 Å². The molecule has 28 heavy (non-hydrogen) atoms. The molecule has 6 nitrogen and oxygen atoms in total. The number of nitrogens with zero attached hydrogens (tertiary/aromatic N) is 3. The number of piperazine rings is 1. The zero-order valence-electron chi connectivity index (χ0n) is 16.0. The van der Waals surface area contributed by atoms with Gasteiger partial charge in [0.1, 0.15) is 10.8 Å². The fraction of sp³-hybridized carbons (Fsp3) is 0.450. The normalized spacial score (nSPS) is 14.9. The van der Waals surface area contributed by atoms with Crippen molar-refractivity contribution in [2.75, 3.05) is 39.3 Å². The Balaban J connectivity index is 1.48. The van der Waals surface area contributed by atoms with E-state index in [0.29, 0.717) is 50.0 Å². The summed E-state index contributed by atoms with van der Waals surface area (Å²) in [6.07, 6.45) is 1.16. The molecule has 3 rings (SSSR count). The van der Waals surface area contributed by atoms with Gasteiger partial charge in [-0.05, 0) is 18.6 Å². The van der Waals surface area contributed by atoms with Crippen LogP contribution in [0.5, 0.6) is 0 Å². The summed E-state index contributed by atoms with van der Waals surface area (Å²) in [5.74, 6) is -0.230. The molecule has 1 aromatic heterocycles. The Morgan fingerprint density at radius 1 is 1.25 bits per heavy atom. The highest BCUT2D eigenvalue weighted by atomic mass is 32.1. The first-order valence-corrected chi connectivity index (χ1v) is 10.4. The second-order valence-electron chi connectivity index (χ2n) is 6.84. The van der Waals surface area contributed by atoms with Crippen LogP contribution < -0.4 is 5.32 Å². The Hall–Kier alpha value is -2.32. The summed E-state index contributed by atoms with van der Waals surface area (Å²) < 4.78 is 13.4. The molecule has 1 aliphatic rings. The van der Waals surface area contributed by atoms with Crippen LogP contribution >= 0.6 is 11.3 Å². The van der Waals surface area contributed by atoms with E-state index in [0.717, 1.165) is 12.0 Å². The summed E-state index contributed by atoms with van der Waals surface area (Å²) in [6, 6.07) is 6.30. The first-order chi connectivity index (χ1) is 13.5. The van der Waals surface area contributed by atoms with Crippen LogP contribution in [0.2, 0.25) is 0 Å². The van der Waals surface area contributed by atoms with E-state index < -0.39 is 0 Å². The zero-order valence-corrected chi connectivity index (χ0v) is 16.8. The van der Waals surface area contributed by atoms with Crippen molar-refractivity contribution in [2.45, 2.75) is 19.8 Å². The molecule has 1 aromatic carbocycles. The largest absolute Gasteiger partial charge is 0.355 e. The number of carbonyl (C=O) groups is 2. The summed E-state index contributed by atoms with van der Waals surface area (Å²) in [5, 5.41) is 5.44. The van der Waals surface area contributed by atoms with Crippen LogP contribution in [0.15, 0.2) is 29.6 Å². The zero-order chi connectivity index (χ0) is 19.9. The van der Waals surface area contributed by atoms with Crippen LogP contribution in [-0.4, -0.2) is 65.9 Å². The van der Waals surface area contributed by atoms with Gasteiger partial charge < -0.3 is 10.2 Å². The van der Waals surface area contributed by atoms with Crippen molar-refractivity contribution >= 4 is 23.2 Å². The highest BCUT2D eigenvalue weighted by Crippen LogP contribution is 2.24. The SMILES string of the molecule is CCCNC(=O)CN1CCN(C(=O)Cc2csc(-c3cccc(F)c3)n2)CC1. The van der Waals surface area contributed by atoms with Crippen LogP contribution in [0.3, 0.4) is 0 Å². The van der Waals surface area contributed by atoms with E-state index >= 15 is 0 Å². The number of aromatic nitrogens is 1. The highest BCUT2D eigenvalue weighted by Gasteiger charge is 2.23. The van der Waals surface area contributed by atoms with Crippen molar-refractivity contribution in [3.63, 3.8) is 0 Å². The number of nitrogens with one attached hydrogen (secondary N) is 1. The first-order valence-electron chi connectivity index (χ1n) is 9.52. The minimum absolute atomic E-state index is 0.0335. The number of thiazole rings is 1. The molecule has 0 unspecified atom stereocenters. The lowest BCUT2D eigenvalue weighted by atomic mass is 10.2. The van der Waals surface area contributed by atoms with Gasteiger partial charge in [-0.3, -0.25) is 14.5 Å². The molecule has 0 aliphatic carbocycles. The van der Waals surface area contributed by atoms with Gasteiger partial charge in [-0.25, -0.2) is 9.37 Å². The maximum atomic E-state index is 13.4. The molecule has 0 bridgehead atoms. The van der Waals surface area contributed by atoms with Crippen molar-refractivity contribution in [1.82, 2.24) is 20.1 Å². The molecule has 0 spiro atoms. The lowest BCUT2D eigenvalue weighted by molar-refractivity contribution is -0.132. The number of hydrogen-bond acceptors (Lipinski definition) is 5. The van der Waals surface area contributed by atoms with Gasteiger partial charge in [0.2, 0.25) is 11.8 Å². The Morgan fingerprint density at radius 2 is 2.04 bits per heavy atom. The van der Waals surface area contributed by atoms with Crippen molar-refractivity contribution in [2.24, 2.45) is 0 Å². The third-order valence-corrected chi connectivity index (χ3v) is 5.56. The molecule has 1 saturated heterocycles. The smallest absolute Gasteiger partial charge is 0.234 e. The Kier molecular flexibility index (Phi) is 7.11. The second kappa shape index (κ2) is 9.75. The molecule has 1 N–H and O–H groups in total. The molecule has 150 valence electrons. The molecule has 8 heteroatoms. The second-order valence-corrected chi connectivity index (χ2v) is 7.70. The molecule has 1 fully saturated rings. The highest BCUT2D eigenvalue weighted by molar-refractivity contribution is 7.13. The van der Waals surface area contributed by atoms with Gasteiger partial charge in [0.15, 0.2) is 0 Å². The third kappa shape index (κ3) is 5.59. The monoisotopic (exact) mass is 404 g/mol. The number of amides is 2. The van der Waals surface area contributed by atoms with Crippen molar-refractivity contribution in [3.8, 4) is 10.6 Å². The molecule has 0 atom stereocenters. The fourth-order valence-corrected chi connectivity index (χ4v) is 3.90. The first kappa shape index (κ1) is 20.4. The molecule has 2 heterocycles. The number of benzene rings is 1. The van der Waals surface area contributed by atoms with Gasteiger partial charge in [0.25, 0.3) is 0 Å². The van der Waals surface area contributed by atoms with Crippen molar-refractivity contribution < 1.29 is 14.0 Å². The van der Waals surface area contributed by atoms with Gasteiger partial charge in [0.05, 0.1) is 18.7 Å². The predicted molar refractivity (Wildman–Crippen MR) is 108 cm³/mol. The van der Waals surface area contributed by atoms with Crippen LogP contribution in [0.4, 0.5) is 4.39 Å². The quantitative estimate of drug-likeness (QED) is 0.768. The topological polar surface area (TPSA) is 65.5 Å². The van der Waals surface area contributed by atoms with Crippen LogP contribution in [0.1, 0.15) is 19.0 Å². The van der Waals surface area contributed by atoms with Crippen molar-refractivity contribution in [1.29, 1.82) is 0 Å². The molecule has 0 radical (unpaired) electrons. The average molecular weight is 405 g/mol. The number of halogens is 1. The Bertz CT molecular complexity index is 818. The summed E-state index contributed by atoms with van der Waals surface area (Å²) in [4.78, 5) is 32.7. The van der Waals surface area contributed by atoms with E-state index in [1.54, 1.807) is 6.07 Å². The van der Waals surface area contributed by atoms with Crippen LogP contribution in [0.25, 0.3) is 10.6 Å². The van der Waals surface area contributed by atoms with E-state index in [-0.39, 0.29) is 24.1 Å². The summed E-state index contributed by atoms with van der Waals surface area (Å²) in [7, 11) is 0. The minimum Gasteiger partial charge on any atom is -0.355 e. The average Bonchev–Trinajstić information content (AvgIpc) is 3.15. The maximum absolute atomic E-state index is 13.4. The van der Waals surface area contributed by atoms with Crippen LogP contribution in [0, 0.1) is 5.82 Å². The fourth-order valence-electron chi connectivity index (χ4n) is 3.09. The molecule has 1 aliphatic heterocycles. The van der Waals surface area contributed by atoms with Gasteiger partial charge in [-0.2, -0.15) is 0 Å². The van der Waals surface area contributed by atoms with Crippen molar-refractivity contribution in [3.05, 3.63) is 41.2 Å². The van der Waals surface area contributed by atoms with E-state index in [4.69, 9.17) is 0 Å². The molecular formula is C20H25FN4O2S. The van der Waals surface area contributed by atoms with Gasteiger partial charge in [0, 0.05) is 43.7 Å². The third-order valence-electron chi connectivity index (χ3n) is 4.62. The standard InChI is InChI=1S/C20H25FN4O2S/c1-2-6-22-18(26)13-24-7-9-25(10-8-24)19(27)12-17-14-28-20(23-17)15-4-3-5-16(21)11-15/h3-5,11,14H,2,6-10,12-13H2,1H3,(H,22,26). The van der Waals surface area contributed by atoms with Crippen LogP contribution in [-0.2, 0) is 16.0 Å². The number of carbonyl (C=O) groups excluding carboxylic acids is 2. The summed E-state index contributed by atoms with van der Waals surface area (Å²) in [5.41, 5.74) is 1.43. The summed E-state index contributed by atoms with van der Waals surface area (Å²) >= 11 is 1.41. The van der Waals surface area contributed by atoms with E-state index in [9.17, 15) is 14.0 Å². The number of rotatable bonds is 7. The van der Waals surface area contributed by atoms with E-state index in [1.807, 2.05) is 23.3 Å². The minimum atomic E-state index is -0.299. The van der Waals surface area contributed by atoms with E-state index in [1.165, 1.54) is 23.5 Å². The lowest BCUT2D eigenvalue weighted by Crippen LogP contribution is -2.51. The lowest BCUT2D eigenvalue weighted by Gasteiger charge is -2.34. The van der Waals surface area contributed by atoms with Gasteiger partial charge in [-0.1, -0.05) is 19.1 Å². The summed E-state index contributed by atoms with van der Waals surface area (Å²) in [6.45, 7) is 5.71. The Labute approximate surface area is 168 Å². The maximum Gasteiger partial charge on any atom is 0.234 e. The van der Waals surface area contributed by atoms with E-state index in [2.05, 4.69) is 15.2 Å². The molecule has 2 amide bonds. The predicted octanol–water partition coefficient (Wildman–Crippen LogP) is 2.16.